The van der Waals surface area contributed by atoms with Crippen molar-refractivity contribution in [2.45, 2.75) is 24.3 Å². The summed E-state index contributed by atoms with van der Waals surface area (Å²) in [6.45, 7) is 5.11. The molecule has 0 aromatic heterocycles. The minimum atomic E-state index is -0.400. The Hall–Kier alpha value is -1.29. The number of likely N-dealkylation sites (N-methyl/N-ethyl adjacent to an activating group) is 1. The van der Waals surface area contributed by atoms with E-state index in [1.807, 2.05) is 18.2 Å². The highest BCUT2D eigenvalue weighted by molar-refractivity contribution is 7.99. The molecule has 0 saturated carbocycles. The fraction of sp³-hybridized carbons (Fsp3) is 0.333. The molecule has 21 heavy (non-hydrogen) atoms. The minimum Gasteiger partial charge on any atom is -0.394 e. The molecule has 0 aliphatic carbocycles. The first kappa shape index (κ1) is 16.1. The van der Waals surface area contributed by atoms with Gasteiger partial charge in [-0.2, -0.15) is 0 Å². The molecule has 2 N–H and O–H groups in total. The molecule has 2 rings (SSSR count). The van der Waals surface area contributed by atoms with Crippen molar-refractivity contribution >= 4 is 11.8 Å². The molecule has 0 spiro atoms. The van der Waals surface area contributed by atoms with E-state index in [1.165, 1.54) is 10.5 Å². The number of nitrogens with one attached hydrogen (secondary N) is 1. The van der Waals surface area contributed by atoms with Gasteiger partial charge in [-0.15, -0.1) is 11.8 Å². The number of hydrogen-bond donors (Lipinski definition) is 2. The highest BCUT2D eigenvalue weighted by Crippen LogP contribution is 2.31. The van der Waals surface area contributed by atoms with Gasteiger partial charge in [0.1, 0.15) is 0 Å². The fourth-order valence-electron chi connectivity index (χ4n) is 2.44. The number of aliphatic hydroxyl groups is 1. The summed E-state index contributed by atoms with van der Waals surface area (Å²) in [5, 5.41) is 13.5. The van der Waals surface area contributed by atoms with Crippen LogP contribution in [0.4, 0.5) is 0 Å². The van der Waals surface area contributed by atoms with Crippen molar-refractivity contribution in [1.82, 2.24) is 5.32 Å². The van der Waals surface area contributed by atoms with E-state index >= 15 is 0 Å². The number of thioether (sulfide) groups is 1. The van der Waals surface area contributed by atoms with Gasteiger partial charge < -0.3 is 10.4 Å². The van der Waals surface area contributed by atoms with Crippen LogP contribution >= 0.6 is 11.8 Å². The average molecular weight is 301 g/mol. The van der Waals surface area contributed by atoms with Gasteiger partial charge in [0.05, 0.1) is 12.1 Å². The number of rotatable bonds is 7. The lowest BCUT2D eigenvalue weighted by Gasteiger charge is -2.33. The highest BCUT2D eigenvalue weighted by atomic mass is 32.2. The molecule has 2 aromatic carbocycles. The van der Waals surface area contributed by atoms with Crippen LogP contribution in [-0.4, -0.2) is 24.0 Å². The normalized spacial score (nSPS) is 13.9. The molecule has 0 radical (unpaired) electrons. The summed E-state index contributed by atoms with van der Waals surface area (Å²) in [6, 6.07) is 18.6. The third-order valence-corrected chi connectivity index (χ3v) is 5.09. The second-order valence-electron chi connectivity index (χ2n) is 5.19. The minimum absolute atomic E-state index is 0.0870. The zero-order valence-corrected chi connectivity index (χ0v) is 13.5. The third kappa shape index (κ3) is 3.88. The molecule has 0 amide bonds. The van der Waals surface area contributed by atoms with E-state index in [2.05, 4.69) is 55.6 Å². The standard InChI is InChI=1S/C18H23NOS/c1-3-19-18(13-20,16-10-5-4-6-11-16)14-21-17-12-8-7-9-15(17)2/h4-12,19-20H,3,13-14H2,1-2H3. The SMILES string of the molecule is CCNC(CO)(CSc1ccccc1C)c1ccccc1. The maximum absolute atomic E-state index is 10.0. The van der Waals surface area contributed by atoms with Crippen molar-refractivity contribution in [3.05, 3.63) is 65.7 Å². The first-order chi connectivity index (χ1) is 10.2. The van der Waals surface area contributed by atoms with Crippen LogP contribution in [0.3, 0.4) is 0 Å². The van der Waals surface area contributed by atoms with Crippen LogP contribution in [0.5, 0.6) is 0 Å². The topological polar surface area (TPSA) is 32.3 Å². The van der Waals surface area contributed by atoms with Crippen LogP contribution in [0.1, 0.15) is 18.1 Å². The Balaban J connectivity index is 2.23. The molecular formula is C18H23NOS. The van der Waals surface area contributed by atoms with Gasteiger partial charge in [-0.05, 0) is 30.7 Å². The van der Waals surface area contributed by atoms with E-state index < -0.39 is 5.54 Å². The fourth-order valence-corrected chi connectivity index (χ4v) is 3.68. The summed E-state index contributed by atoms with van der Waals surface area (Å²) >= 11 is 1.79. The molecule has 0 aliphatic heterocycles. The summed E-state index contributed by atoms with van der Waals surface area (Å²) in [5.41, 5.74) is 2.01. The van der Waals surface area contributed by atoms with Gasteiger partial charge >= 0.3 is 0 Å². The van der Waals surface area contributed by atoms with E-state index in [4.69, 9.17) is 0 Å². The van der Waals surface area contributed by atoms with E-state index in [-0.39, 0.29) is 6.61 Å². The summed E-state index contributed by atoms with van der Waals surface area (Å²) in [7, 11) is 0. The van der Waals surface area contributed by atoms with Crippen molar-refractivity contribution in [3.8, 4) is 0 Å². The Kier molecular flexibility index (Phi) is 5.85. The summed E-state index contributed by atoms with van der Waals surface area (Å²) < 4.78 is 0. The molecule has 3 heteroatoms. The van der Waals surface area contributed by atoms with Crippen LogP contribution < -0.4 is 5.32 Å². The number of hydrogen-bond acceptors (Lipinski definition) is 3. The lowest BCUT2D eigenvalue weighted by atomic mass is 9.92. The number of aliphatic hydroxyl groups excluding tert-OH is 1. The van der Waals surface area contributed by atoms with E-state index in [1.54, 1.807) is 11.8 Å². The molecule has 0 aliphatic rings. The van der Waals surface area contributed by atoms with Gasteiger partial charge in [-0.1, -0.05) is 55.5 Å². The van der Waals surface area contributed by atoms with Crippen LogP contribution in [0.15, 0.2) is 59.5 Å². The number of benzene rings is 2. The first-order valence-corrected chi connectivity index (χ1v) is 8.30. The quantitative estimate of drug-likeness (QED) is 0.767. The summed E-state index contributed by atoms with van der Waals surface area (Å²) in [5.74, 6) is 0.798. The lowest BCUT2D eigenvalue weighted by molar-refractivity contribution is 0.181. The van der Waals surface area contributed by atoms with Gasteiger partial charge in [0, 0.05) is 10.6 Å². The highest BCUT2D eigenvalue weighted by Gasteiger charge is 2.30. The zero-order valence-electron chi connectivity index (χ0n) is 12.7. The van der Waals surface area contributed by atoms with Gasteiger partial charge in [-0.25, -0.2) is 0 Å². The van der Waals surface area contributed by atoms with Gasteiger partial charge in [-0.3, -0.25) is 0 Å². The smallest absolute Gasteiger partial charge is 0.0764 e. The zero-order chi connectivity index (χ0) is 15.1. The maximum Gasteiger partial charge on any atom is 0.0764 e. The molecule has 2 aromatic rings. The van der Waals surface area contributed by atoms with E-state index in [9.17, 15) is 5.11 Å². The van der Waals surface area contributed by atoms with Gasteiger partial charge in [0.25, 0.3) is 0 Å². The van der Waals surface area contributed by atoms with Gasteiger partial charge in [0.15, 0.2) is 0 Å². The number of aryl methyl sites for hydroxylation is 1. The average Bonchev–Trinajstić information content (AvgIpc) is 2.54. The molecule has 1 atom stereocenters. The summed E-state index contributed by atoms with van der Waals surface area (Å²) in [4.78, 5) is 1.27. The maximum atomic E-state index is 10.0. The molecule has 0 bridgehead atoms. The molecule has 2 nitrogen and oxygen atoms in total. The first-order valence-electron chi connectivity index (χ1n) is 7.31. The molecule has 0 fully saturated rings. The van der Waals surface area contributed by atoms with Crippen LogP contribution in [0, 0.1) is 6.92 Å². The summed E-state index contributed by atoms with van der Waals surface area (Å²) in [6.07, 6.45) is 0. The van der Waals surface area contributed by atoms with Crippen LogP contribution in [0.2, 0.25) is 0 Å². The Morgan fingerprint density at radius 1 is 1.05 bits per heavy atom. The monoisotopic (exact) mass is 301 g/mol. The second-order valence-corrected chi connectivity index (χ2v) is 6.21. The van der Waals surface area contributed by atoms with Crippen molar-refractivity contribution in [2.24, 2.45) is 0 Å². The predicted octanol–water partition coefficient (Wildman–Crippen LogP) is 3.58. The van der Waals surface area contributed by atoms with E-state index in [0.29, 0.717) is 0 Å². The van der Waals surface area contributed by atoms with Crippen molar-refractivity contribution in [3.63, 3.8) is 0 Å². The molecular weight excluding hydrogens is 278 g/mol. The second kappa shape index (κ2) is 7.64. The third-order valence-electron chi connectivity index (χ3n) is 3.68. The predicted molar refractivity (Wildman–Crippen MR) is 90.8 cm³/mol. The van der Waals surface area contributed by atoms with Crippen molar-refractivity contribution < 1.29 is 5.11 Å². The van der Waals surface area contributed by atoms with Crippen molar-refractivity contribution in [2.75, 3.05) is 18.9 Å². The van der Waals surface area contributed by atoms with Crippen LogP contribution in [0.25, 0.3) is 0 Å². The molecule has 112 valence electrons. The molecule has 0 heterocycles. The molecule has 0 saturated heterocycles. The molecule has 1 unspecified atom stereocenters. The largest absolute Gasteiger partial charge is 0.394 e. The Morgan fingerprint density at radius 3 is 2.33 bits per heavy atom. The van der Waals surface area contributed by atoms with Crippen molar-refractivity contribution in [1.29, 1.82) is 0 Å². The Bertz CT molecular complexity index is 558. The Labute approximate surface area is 131 Å². The van der Waals surface area contributed by atoms with Gasteiger partial charge in [0.2, 0.25) is 0 Å². The van der Waals surface area contributed by atoms with E-state index in [0.717, 1.165) is 17.9 Å². The lowest BCUT2D eigenvalue weighted by Crippen LogP contribution is -2.47. The van der Waals surface area contributed by atoms with Crippen LogP contribution in [-0.2, 0) is 5.54 Å². The Morgan fingerprint density at radius 2 is 1.71 bits per heavy atom.